The maximum Gasteiger partial charge on any atom is 0.283 e. The van der Waals surface area contributed by atoms with Gasteiger partial charge >= 0.3 is 0 Å². The molecule has 0 bridgehead atoms. The summed E-state index contributed by atoms with van der Waals surface area (Å²) in [6.07, 6.45) is 4.19. The third kappa shape index (κ3) is 4.12. The van der Waals surface area contributed by atoms with E-state index in [1.807, 2.05) is 36.1 Å². The second kappa shape index (κ2) is 8.82. The fourth-order valence-electron chi connectivity index (χ4n) is 3.75. The van der Waals surface area contributed by atoms with Gasteiger partial charge < -0.3 is 4.90 Å². The predicted molar refractivity (Wildman–Crippen MR) is 118 cm³/mol. The fourth-order valence-corrected chi connectivity index (χ4v) is 4.92. The Balaban J connectivity index is 1.74. The molecule has 7 heteroatoms. The number of thioether (sulfide) groups is 1. The number of carbonyl (C=O) groups excluding carboxylic acids is 2. The molecule has 0 unspecified atom stereocenters. The first kappa shape index (κ1) is 20.9. The summed E-state index contributed by atoms with van der Waals surface area (Å²) in [5, 5.41) is -0.121. The molecule has 4 nitrogen and oxygen atoms in total. The second-order valence-corrected chi connectivity index (χ2v) is 9.03. The van der Waals surface area contributed by atoms with Gasteiger partial charge in [-0.1, -0.05) is 53.9 Å². The Morgan fingerprint density at radius 1 is 0.933 bits per heavy atom. The Morgan fingerprint density at radius 3 is 2.23 bits per heavy atom. The van der Waals surface area contributed by atoms with E-state index < -0.39 is 11.7 Å². The molecule has 0 radical (unpaired) electrons. The van der Waals surface area contributed by atoms with Crippen molar-refractivity contribution >= 4 is 40.9 Å². The zero-order valence-corrected chi connectivity index (χ0v) is 18.2. The first-order valence-electron chi connectivity index (χ1n) is 10.0. The SMILES string of the molecule is Cc1ccc(SC2=C(N3CCCCCC3)C(=O)N(c3ccc(F)c(Cl)c3)C2=O)cc1. The van der Waals surface area contributed by atoms with Gasteiger partial charge in [-0.15, -0.1) is 0 Å². The fraction of sp³-hybridized carbons (Fsp3) is 0.304. The lowest BCUT2D eigenvalue weighted by Gasteiger charge is -2.24. The highest BCUT2D eigenvalue weighted by Gasteiger charge is 2.42. The first-order valence-corrected chi connectivity index (χ1v) is 11.2. The van der Waals surface area contributed by atoms with Gasteiger partial charge in [0.1, 0.15) is 16.4 Å². The van der Waals surface area contributed by atoms with Crippen molar-refractivity contribution in [2.24, 2.45) is 0 Å². The average Bonchev–Trinajstić information content (AvgIpc) is 2.90. The number of carbonyl (C=O) groups is 2. The molecule has 4 rings (SSSR count). The lowest BCUT2D eigenvalue weighted by Crippen LogP contribution is -2.35. The van der Waals surface area contributed by atoms with E-state index in [4.69, 9.17) is 11.6 Å². The van der Waals surface area contributed by atoms with Crippen LogP contribution in [0.25, 0.3) is 0 Å². The van der Waals surface area contributed by atoms with E-state index in [-0.39, 0.29) is 16.6 Å². The summed E-state index contributed by atoms with van der Waals surface area (Å²) >= 11 is 7.23. The number of benzene rings is 2. The van der Waals surface area contributed by atoms with Gasteiger partial charge in [0.25, 0.3) is 11.8 Å². The third-order valence-electron chi connectivity index (χ3n) is 5.34. The van der Waals surface area contributed by atoms with Crippen molar-refractivity contribution in [1.29, 1.82) is 0 Å². The van der Waals surface area contributed by atoms with Gasteiger partial charge in [-0.2, -0.15) is 0 Å². The number of aryl methyl sites for hydroxylation is 1. The predicted octanol–water partition coefficient (Wildman–Crippen LogP) is 5.54. The van der Waals surface area contributed by atoms with Crippen LogP contribution >= 0.6 is 23.4 Å². The molecule has 2 aromatic carbocycles. The van der Waals surface area contributed by atoms with Gasteiger partial charge in [-0.05, 0) is 50.1 Å². The van der Waals surface area contributed by atoms with Crippen molar-refractivity contribution in [1.82, 2.24) is 4.90 Å². The normalized spacial score (nSPS) is 17.7. The van der Waals surface area contributed by atoms with Crippen molar-refractivity contribution in [3.63, 3.8) is 0 Å². The molecule has 2 heterocycles. The number of amides is 2. The zero-order chi connectivity index (χ0) is 21.3. The maximum atomic E-state index is 13.6. The molecule has 0 spiro atoms. The highest BCUT2D eigenvalue weighted by molar-refractivity contribution is 8.04. The van der Waals surface area contributed by atoms with Gasteiger partial charge in [-0.25, -0.2) is 9.29 Å². The summed E-state index contributed by atoms with van der Waals surface area (Å²) in [6.45, 7) is 3.48. The minimum absolute atomic E-state index is 0.121. The van der Waals surface area contributed by atoms with Crippen LogP contribution in [-0.2, 0) is 9.59 Å². The summed E-state index contributed by atoms with van der Waals surface area (Å²) in [4.78, 5) is 31.3. The first-order chi connectivity index (χ1) is 14.5. The number of imide groups is 1. The molecule has 0 aromatic heterocycles. The van der Waals surface area contributed by atoms with E-state index >= 15 is 0 Å². The summed E-state index contributed by atoms with van der Waals surface area (Å²) in [7, 11) is 0. The quantitative estimate of drug-likeness (QED) is 0.580. The number of hydrogen-bond acceptors (Lipinski definition) is 4. The highest BCUT2D eigenvalue weighted by atomic mass is 35.5. The van der Waals surface area contributed by atoms with Crippen molar-refractivity contribution in [3.8, 4) is 0 Å². The van der Waals surface area contributed by atoms with Crippen LogP contribution in [0.1, 0.15) is 31.2 Å². The van der Waals surface area contributed by atoms with Gasteiger partial charge in [0.15, 0.2) is 0 Å². The number of halogens is 2. The van der Waals surface area contributed by atoms with Gasteiger partial charge in [-0.3, -0.25) is 9.59 Å². The van der Waals surface area contributed by atoms with Gasteiger partial charge in [0, 0.05) is 18.0 Å². The molecule has 0 saturated carbocycles. The average molecular weight is 445 g/mol. The molecule has 0 atom stereocenters. The zero-order valence-electron chi connectivity index (χ0n) is 16.7. The van der Waals surface area contributed by atoms with Crippen molar-refractivity contribution in [2.75, 3.05) is 18.0 Å². The van der Waals surface area contributed by atoms with Gasteiger partial charge in [0.2, 0.25) is 0 Å². The number of rotatable bonds is 4. The number of likely N-dealkylation sites (tertiary alicyclic amines) is 1. The van der Waals surface area contributed by atoms with Crippen molar-refractivity contribution in [2.45, 2.75) is 37.5 Å². The Bertz CT molecular complexity index is 1010. The van der Waals surface area contributed by atoms with Crippen LogP contribution in [0.15, 0.2) is 58.0 Å². The van der Waals surface area contributed by atoms with E-state index in [0.29, 0.717) is 10.6 Å². The molecular weight excluding hydrogens is 423 g/mol. The number of nitrogens with zero attached hydrogens (tertiary/aromatic N) is 2. The summed E-state index contributed by atoms with van der Waals surface area (Å²) in [5.74, 6) is -1.36. The molecular formula is C23H22ClFN2O2S. The Kier molecular flexibility index (Phi) is 6.16. The van der Waals surface area contributed by atoms with E-state index in [0.717, 1.165) is 54.1 Å². The summed E-state index contributed by atoms with van der Waals surface area (Å²) < 4.78 is 13.6. The van der Waals surface area contributed by atoms with Crippen LogP contribution in [-0.4, -0.2) is 29.8 Å². The van der Waals surface area contributed by atoms with Crippen LogP contribution in [0, 0.1) is 12.7 Å². The van der Waals surface area contributed by atoms with Crippen LogP contribution in [0.5, 0.6) is 0 Å². The molecule has 0 N–H and O–H groups in total. The monoisotopic (exact) mass is 444 g/mol. The standard InChI is InChI=1S/C23H22ClFN2O2S/c1-15-6-9-17(10-7-15)30-21-20(26-12-4-2-3-5-13-26)22(28)27(23(21)29)16-8-11-19(25)18(24)14-16/h6-11,14H,2-5,12-13H2,1H3. The Labute approximate surface area is 184 Å². The molecule has 2 aromatic rings. The van der Waals surface area contributed by atoms with Crippen LogP contribution < -0.4 is 4.90 Å². The van der Waals surface area contributed by atoms with E-state index in [2.05, 4.69) is 0 Å². The van der Waals surface area contributed by atoms with Crippen LogP contribution in [0.4, 0.5) is 10.1 Å². The highest BCUT2D eigenvalue weighted by Crippen LogP contribution is 2.40. The molecule has 30 heavy (non-hydrogen) atoms. The van der Waals surface area contributed by atoms with E-state index in [1.54, 1.807) is 0 Å². The lowest BCUT2D eigenvalue weighted by atomic mass is 10.2. The largest absolute Gasteiger partial charge is 0.366 e. The molecule has 2 amide bonds. The van der Waals surface area contributed by atoms with Crippen LogP contribution in [0.2, 0.25) is 5.02 Å². The Morgan fingerprint density at radius 2 is 1.60 bits per heavy atom. The van der Waals surface area contributed by atoms with E-state index in [1.165, 1.54) is 30.0 Å². The number of hydrogen-bond donors (Lipinski definition) is 0. The topological polar surface area (TPSA) is 40.6 Å². The van der Waals surface area contributed by atoms with Gasteiger partial charge in [0.05, 0.1) is 10.7 Å². The molecule has 0 aliphatic carbocycles. The maximum absolute atomic E-state index is 13.6. The molecule has 1 saturated heterocycles. The van der Waals surface area contributed by atoms with Crippen molar-refractivity contribution < 1.29 is 14.0 Å². The number of anilines is 1. The molecule has 2 aliphatic rings. The Hall–Kier alpha value is -2.31. The minimum atomic E-state index is -0.588. The summed E-state index contributed by atoms with van der Waals surface area (Å²) in [6, 6.07) is 11.8. The second-order valence-electron chi connectivity index (χ2n) is 7.54. The molecule has 2 aliphatic heterocycles. The van der Waals surface area contributed by atoms with Crippen LogP contribution in [0.3, 0.4) is 0 Å². The van der Waals surface area contributed by atoms with E-state index in [9.17, 15) is 14.0 Å². The molecule has 156 valence electrons. The lowest BCUT2D eigenvalue weighted by molar-refractivity contribution is -0.121. The summed E-state index contributed by atoms with van der Waals surface area (Å²) in [5.41, 5.74) is 1.84. The molecule has 1 fully saturated rings. The third-order valence-corrected chi connectivity index (χ3v) is 6.71. The smallest absolute Gasteiger partial charge is 0.283 e. The van der Waals surface area contributed by atoms with Crippen molar-refractivity contribution in [3.05, 3.63) is 69.5 Å². The minimum Gasteiger partial charge on any atom is -0.366 e.